The number of rotatable bonds is 4. The van der Waals surface area contributed by atoms with Crippen LogP contribution in [0.25, 0.3) is 0 Å². The van der Waals surface area contributed by atoms with Crippen molar-refractivity contribution < 1.29 is 4.74 Å². The first-order valence-corrected chi connectivity index (χ1v) is 7.40. The van der Waals surface area contributed by atoms with E-state index in [1.54, 1.807) is 7.11 Å². The summed E-state index contributed by atoms with van der Waals surface area (Å²) in [4.78, 5) is 0. The molecule has 5 heteroatoms. The molecule has 0 amide bonds. The molecule has 1 heterocycles. The highest BCUT2D eigenvalue weighted by Gasteiger charge is 2.19. The molecule has 0 radical (unpaired) electrons. The molecule has 0 fully saturated rings. The molecule has 0 saturated carbocycles. The lowest BCUT2D eigenvalue weighted by atomic mass is 9.97. The van der Waals surface area contributed by atoms with Crippen LogP contribution in [-0.2, 0) is 0 Å². The highest BCUT2D eigenvalue weighted by molar-refractivity contribution is 7.20. The molecule has 102 valence electrons. The highest BCUT2D eigenvalue weighted by Crippen LogP contribution is 2.38. The Morgan fingerprint density at radius 1 is 1.21 bits per heavy atom. The van der Waals surface area contributed by atoms with Crippen LogP contribution in [0.5, 0.6) is 5.75 Å². The van der Waals surface area contributed by atoms with E-state index in [0.717, 1.165) is 21.2 Å². The molecule has 0 saturated heterocycles. The second kappa shape index (κ2) is 6.14. The maximum Gasteiger partial charge on any atom is 0.119 e. The van der Waals surface area contributed by atoms with Crippen molar-refractivity contribution in [2.24, 2.45) is 0 Å². The molecule has 2 nitrogen and oxygen atoms in total. The van der Waals surface area contributed by atoms with Crippen molar-refractivity contribution >= 4 is 34.5 Å². The molecule has 0 bridgehead atoms. The number of hydrogen-bond donors (Lipinski definition) is 1. The number of thiophene rings is 1. The summed E-state index contributed by atoms with van der Waals surface area (Å²) in [5.41, 5.74) is 3.32. The topological polar surface area (TPSA) is 21.3 Å². The van der Waals surface area contributed by atoms with Crippen LogP contribution in [0.4, 0.5) is 0 Å². The molecule has 1 atom stereocenters. The summed E-state index contributed by atoms with van der Waals surface area (Å²) < 4.78 is 6.65. The van der Waals surface area contributed by atoms with Gasteiger partial charge in [0.05, 0.1) is 21.8 Å². The summed E-state index contributed by atoms with van der Waals surface area (Å²) >= 11 is 13.7. The van der Waals surface area contributed by atoms with Gasteiger partial charge in [-0.3, -0.25) is 0 Å². The van der Waals surface area contributed by atoms with Crippen LogP contribution >= 0.6 is 34.5 Å². The standard InChI is InChI=1S/C14H15Cl2NOS/c1-8-6-9(18-3)4-5-10(8)13(17-2)11-7-12(15)19-14(11)16/h4-7,13,17H,1-3H3. The summed E-state index contributed by atoms with van der Waals surface area (Å²) in [5, 5.41) is 3.29. The fourth-order valence-corrected chi connectivity index (χ4v) is 3.66. The Labute approximate surface area is 127 Å². The van der Waals surface area contributed by atoms with Crippen molar-refractivity contribution in [2.75, 3.05) is 14.2 Å². The summed E-state index contributed by atoms with van der Waals surface area (Å²) in [5.74, 6) is 0.852. The fraction of sp³-hybridized carbons (Fsp3) is 0.286. The van der Waals surface area contributed by atoms with E-state index in [2.05, 4.69) is 18.3 Å². The van der Waals surface area contributed by atoms with E-state index >= 15 is 0 Å². The van der Waals surface area contributed by atoms with E-state index in [9.17, 15) is 0 Å². The highest BCUT2D eigenvalue weighted by atomic mass is 35.5. The quantitative estimate of drug-likeness (QED) is 0.884. The number of methoxy groups -OCH3 is 1. The van der Waals surface area contributed by atoms with Crippen molar-refractivity contribution in [3.05, 3.63) is 49.6 Å². The van der Waals surface area contributed by atoms with E-state index in [1.165, 1.54) is 16.9 Å². The van der Waals surface area contributed by atoms with Crippen molar-refractivity contribution in [1.29, 1.82) is 0 Å². The summed E-state index contributed by atoms with van der Waals surface area (Å²) in [7, 11) is 3.58. The zero-order chi connectivity index (χ0) is 14.0. The number of hydrogen-bond acceptors (Lipinski definition) is 3. The van der Waals surface area contributed by atoms with Gasteiger partial charge in [-0.05, 0) is 43.3 Å². The lowest BCUT2D eigenvalue weighted by molar-refractivity contribution is 0.414. The van der Waals surface area contributed by atoms with Crippen LogP contribution in [0.3, 0.4) is 0 Å². The van der Waals surface area contributed by atoms with Gasteiger partial charge < -0.3 is 10.1 Å². The lowest BCUT2D eigenvalue weighted by Gasteiger charge is -2.19. The largest absolute Gasteiger partial charge is 0.497 e. The van der Waals surface area contributed by atoms with Gasteiger partial charge in [-0.1, -0.05) is 29.3 Å². The minimum atomic E-state index is 0.0298. The lowest BCUT2D eigenvalue weighted by Crippen LogP contribution is -2.18. The third-order valence-electron chi connectivity index (χ3n) is 3.07. The summed E-state index contributed by atoms with van der Waals surface area (Å²) in [6, 6.07) is 7.97. The van der Waals surface area contributed by atoms with Gasteiger partial charge in [-0.2, -0.15) is 0 Å². The number of halogens is 2. The Morgan fingerprint density at radius 2 is 1.95 bits per heavy atom. The molecule has 1 N–H and O–H groups in total. The average molecular weight is 316 g/mol. The Morgan fingerprint density at radius 3 is 2.42 bits per heavy atom. The van der Waals surface area contributed by atoms with Crippen molar-refractivity contribution in [3.8, 4) is 5.75 Å². The van der Waals surface area contributed by atoms with E-state index in [-0.39, 0.29) is 6.04 Å². The van der Waals surface area contributed by atoms with Crippen LogP contribution in [0.2, 0.25) is 8.67 Å². The third-order valence-corrected chi connectivity index (χ3v) is 4.59. The number of aryl methyl sites for hydroxylation is 1. The molecular formula is C14H15Cl2NOS. The van der Waals surface area contributed by atoms with Gasteiger partial charge in [-0.25, -0.2) is 0 Å². The molecule has 0 aliphatic carbocycles. The second-order valence-corrected chi connectivity index (χ2v) is 6.51. The number of nitrogens with one attached hydrogen (secondary N) is 1. The maximum absolute atomic E-state index is 6.25. The van der Waals surface area contributed by atoms with Gasteiger partial charge >= 0.3 is 0 Å². The molecule has 0 aliphatic rings. The summed E-state index contributed by atoms with van der Waals surface area (Å²) in [6.45, 7) is 2.06. The van der Waals surface area contributed by atoms with Gasteiger partial charge in [0.25, 0.3) is 0 Å². The van der Waals surface area contributed by atoms with Crippen molar-refractivity contribution in [3.63, 3.8) is 0 Å². The van der Waals surface area contributed by atoms with Gasteiger partial charge in [0.2, 0.25) is 0 Å². The van der Waals surface area contributed by atoms with Gasteiger partial charge in [0.15, 0.2) is 0 Å². The van der Waals surface area contributed by atoms with E-state index < -0.39 is 0 Å². The van der Waals surface area contributed by atoms with Crippen LogP contribution in [0, 0.1) is 6.92 Å². The minimum absolute atomic E-state index is 0.0298. The number of benzene rings is 1. The second-order valence-electron chi connectivity index (χ2n) is 4.22. The molecule has 0 aliphatic heterocycles. The third kappa shape index (κ3) is 3.06. The predicted molar refractivity (Wildman–Crippen MR) is 83.0 cm³/mol. The molecule has 1 aromatic heterocycles. The first-order chi connectivity index (χ1) is 9.06. The molecule has 2 rings (SSSR count). The first-order valence-electron chi connectivity index (χ1n) is 5.83. The van der Waals surface area contributed by atoms with Gasteiger partial charge in [0, 0.05) is 5.56 Å². The Kier molecular flexibility index (Phi) is 4.74. The Balaban J connectivity index is 2.45. The summed E-state index contributed by atoms with van der Waals surface area (Å²) in [6.07, 6.45) is 0. The van der Waals surface area contributed by atoms with E-state index in [0.29, 0.717) is 4.34 Å². The first kappa shape index (κ1) is 14.7. The average Bonchev–Trinajstić information content (AvgIpc) is 2.71. The van der Waals surface area contributed by atoms with Crippen LogP contribution in [0.1, 0.15) is 22.7 Å². The van der Waals surface area contributed by atoms with Crippen LogP contribution in [-0.4, -0.2) is 14.2 Å². The molecule has 2 aromatic rings. The minimum Gasteiger partial charge on any atom is -0.497 e. The predicted octanol–water partition coefficient (Wildman–Crippen LogP) is 4.68. The normalized spacial score (nSPS) is 12.5. The fourth-order valence-electron chi connectivity index (χ4n) is 2.13. The van der Waals surface area contributed by atoms with Gasteiger partial charge in [-0.15, -0.1) is 11.3 Å². The molecule has 1 aromatic carbocycles. The molecular weight excluding hydrogens is 301 g/mol. The van der Waals surface area contributed by atoms with Crippen LogP contribution < -0.4 is 10.1 Å². The number of ether oxygens (including phenoxy) is 1. The van der Waals surface area contributed by atoms with Gasteiger partial charge in [0.1, 0.15) is 5.75 Å². The zero-order valence-electron chi connectivity index (χ0n) is 11.0. The molecule has 19 heavy (non-hydrogen) atoms. The van der Waals surface area contributed by atoms with E-state index in [4.69, 9.17) is 27.9 Å². The van der Waals surface area contributed by atoms with Crippen molar-refractivity contribution in [1.82, 2.24) is 5.32 Å². The van der Waals surface area contributed by atoms with Crippen molar-refractivity contribution in [2.45, 2.75) is 13.0 Å². The Bertz CT molecular complexity index is 583. The molecule has 0 spiro atoms. The smallest absolute Gasteiger partial charge is 0.119 e. The van der Waals surface area contributed by atoms with Crippen LogP contribution in [0.15, 0.2) is 24.3 Å². The SMILES string of the molecule is CNC(c1ccc(OC)cc1C)c1cc(Cl)sc1Cl. The Hall–Kier alpha value is -0.740. The maximum atomic E-state index is 6.25. The van der Waals surface area contributed by atoms with E-state index in [1.807, 2.05) is 25.2 Å². The monoisotopic (exact) mass is 315 g/mol. The zero-order valence-corrected chi connectivity index (χ0v) is 13.3. The molecule has 1 unspecified atom stereocenters.